The Morgan fingerprint density at radius 1 is 1.34 bits per heavy atom. The van der Waals surface area contributed by atoms with Crippen LogP contribution in [0.1, 0.15) is 61.0 Å². The van der Waals surface area contributed by atoms with Crippen molar-refractivity contribution in [3.63, 3.8) is 0 Å². The molecule has 0 spiro atoms. The van der Waals surface area contributed by atoms with Crippen LogP contribution in [0.25, 0.3) is 0 Å². The summed E-state index contributed by atoms with van der Waals surface area (Å²) in [5, 5.41) is 24.3. The van der Waals surface area contributed by atoms with Crippen molar-refractivity contribution in [3.05, 3.63) is 45.6 Å². The molecule has 0 aliphatic heterocycles. The van der Waals surface area contributed by atoms with Crippen molar-refractivity contribution in [2.75, 3.05) is 5.32 Å². The molecule has 29 heavy (non-hydrogen) atoms. The minimum Gasteiger partial charge on any atom is -0.619 e. The fourth-order valence-electron chi connectivity index (χ4n) is 3.21. The number of pyridine rings is 1. The number of aromatic carboxylic acids is 1. The summed E-state index contributed by atoms with van der Waals surface area (Å²) in [7, 11) is 0. The molecular weight excluding hydrogens is 388 g/mol. The van der Waals surface area contributed by atoms with Crippen molar-refractivity contribution in [1.82, 2.24) is 0 Å². The molecule has 0 atom stereocenters. The molecular formula is C22H26N2O4S. The molecule has 6 nitrogen and oxygen atoms in total. The highest BCUT2D eigenvalue weighted by molar-refractivity contribution is 7.15. The lowest BCUT2D eigenvalue weighted by Crippen LogP contribution is -2.32. The molecule has 1 fully saturated rings. The van der Waals surface area contributed by atoms with Crippen LogP contribution in [0, 0.1) is 22.5 Å². The number of ether oxygens (including phenoxy) is 1. The van der Waals surface area contributed by atoms with E-state index in [0.29, 0.717) is 16.3 Å². The second kappa shape index (κ2) is 8.75. The van der Waals surface area contributed by atoms with Gasteiger partial charge in [-0.15, -0.1) is 11.3 Å². The van der Waals surface area contributed by atoms with Gasteiger partial charge in [-0.2, -0.15) is 4.73 Å². The number of carbonyl (C=O) groups is 1. The van der Waals surface area contributed by atoms with E-state index in [-0.39, 0.29) is 17.6 Å². The van der Waals surface area contributed by atoms with E-state index in [1.54, 1.807) is 12.1 Å². The molecule has 0 saturated heterocycles. The quantitative estimate of drug-likeness (QED) is 0.433. The van der Waals surface area contributed by atoms with Gasteiger partial charge in [0.05, 0.1) is 16.7 Å². The molecule has 1 aliphatic rings. The Morgan fingerprint density at radius 3 is 2.69 bits per heavy atom. The Bertz CT molecular complexity index is 928. The minimum atomic E-state index is -0.937. The maximum atomic E-state index is 11.6. The van der Waals surface area contributed by atoms with E-state index in [9.17, 15) is 15.1 Å². The van der Waals surface area contributed by atoms with Gasteiger partial charge in [0.25, 0.3) is 0 Å². The second-order valence-electron chi connectivity index (χ2n) is 8.29. The number of aromatic nitrogens is 1. The fraction of sp³-hybridized carbons (Fsp3) is 0.455. The normalized spacial score (nSPS) is 19.1. The summed E-state index contributed by atoms with van der Waals surface area (Å²) in [6.07, 6.45) is 6.33. The number of anilines is 1. The highest BCUT2D eigenvalue weighted by Crippen LogP contribution is 2.31. The van der Waals surface area contributed by atoms with E-state index in [1.807, 2.05) is 26.8 Å². The molecule has 2 heterocycles. The number of nitrogens with zero attached hydrogens (tertiary/aromatic N) is 1. The number of carboxylic acids is 1. The molecule has 1 saturated carbocycles. The molecule has 154 valence electrons. The third kappa shape index (κ3) is 6.13. The molecule has 2 N–H and O–H groups in total. The van der Waals surface area contributed by atoms with Gasteiger partial charge in [0, 0.05) is 17.5 Å². The lowest BCUT2D eigenvalue weighted by molar-refractivity contribution is -0.605. The van der Waals surface area contributed by atoms with E-state index >= 15 is 0 Å². The van der Waals surface area contributed by atoms with Crippen molar-refractivity contribution >= 4 is 23.0 Å². The Labute approximate surface area is 175 Å². The van der Waals surface area contributed by atoms with Gasteiger partial charge in [-0.25, -0.2) is 4.79 Å². The first-order chi connectivity index (χ1) is 13.7. The number of hydrogen-bond acceptors (Lipinski definition) is 5. The molecule has 2 aromatic heterocycles. The van der Waals surface area contributed by atoms with E-state index in [0.717, 1.165) is 35.3 Å². The van der Waals surface area contributed by atoms with Crippen LogP contribution in [0.15, 0.2) is 30.6 Å². The van der Waals surface area contributed by atoms with Gasteiger partial charge >= 0.3 is 5.97 Å². The van der Waals surface area contributed by atoms with Gasteiger partial charge in [0.2, 0.25) is 6.20 Å². The summed E-state index contributed by atoms with van der Waals surface area (Å²) in [6.45, 7) is 6.08. The number of thiophene rings is 1. The first-order valence-corrected chi connectivity index (χ1v) is 10.5. The smallest absolute Gasteiger partial charge is 0.348 e. The maximum Gasteiger partial charge on any atom is 0.348 e. The molecule has 3 rings (SSSR count). The molecule has 0 amide bonds. The van der Waals surface area contributed by atoms with Crippen LogP contribution in [0.4, 0.5) is 5.69 Å². The van der Waals surface area contributed by atoms with Crippen molar-refractivity contribution in [1.29, 1.82) is 0 Å². The molecule has 0 unspecified atom stereocenters. The highest BCUT2D eigenvalue weighted by atomic mass is 32.1. The Hall–Kier alpha value is -2.72. The van der Waals surface area contributed by atoms with Gasteiger partial charge in [-0.05, 0) is 58.6 Å². The zero-order valence-electron chi connectivity index (χ0n) is 16.9. The number of nitrogens with one attached hydrogen (secondary N) is 1. The fourth-order valence-corrected chi connectivity index (χ4v) is 4.02. The van der Waals surface area contributed by atoms with Crippen LogP contribution in [-0.2, 0) is 0 Å². The first kappa shape index (κ1) is 21.0. The number of hydrogen-bond donors (Lipinski definition) is 2. The van der Waals surface area contributed by atoms with Gasteiger partial charge in [-0.3, -0.25) is 0 Å². The lowest BCUT2D eigenvalue weighted by atomic mass is 9.92. The van der Waals surface area contributed by atoms with Gasteiger partial charge in [0.15, 0.2) is 11.9 Å². The summed E-state index contributed by atoms with van der Waals surface area (Å²) in [5.74, 6) is 5.89. The molecule has 7 heteroatoms. The minimum absolute atomic E-state index is 0.0603. The highest BCUT2D eigenvalue weighted by Gasteiger charge is 2.25. The van der Waals surface area contributed by atoms with Crippen molar-refractivity contribution in [2.45, 2.75) is 58.6 Å². The molecule has 0 bridgehead atoms. The van der Waals surface area contributed by atoms with Crippen LogP contribution < -0.4 is 14.8 Å². The topological polar surface area (TPSA) is 85.5 Å². The SMILES string of the molecule is CC(C)(C)C#Cc1cc(N[C@H]2CC[C@H](Oc3ccc[n+]([O-])c3)CC2)c(C(=O)O)s1. The second-order valence-corrected chi connectivity index (χ2v) is 9.35. The summed E-state index contributed by atoms with van der Waals surface area (Å²) in [5.41, 5.74) is 0.504. The lowest BCUT2D eigenvalue weighted by Gasteiger charge is -2.29. The molecule has 2 aromatic rings. The van der Waals surface area contributed by atoms with E-state index < -0.39 is 5.97 Å². The predicted molar refractivity (Wildman–Crippen MR) is 113 cm³/mol. The third-order valence-electron chi connectivity index (χ3n) is 4.57. The molecule has 1 aliphatic carbocycles. The van der Waals surface area contributed by atoms with Crippen LogP contribution in [0.2, 0.25) is 0 Å². The summed E-state index contributed by atoms with van der Waals surface area (Å²) < 4.78 is 6.63. The number of carboxylic acid groups (broad SMARTS) is 1. The standard InChI is InChI=1S/C22H26N2O4S/c1-22(2,3)11-10-18-13-19(20(29-18)21(25)26)23-15-6-8-16(9-7-15)28-17-5-4-12-24(27)14-17/h4-5,12-16,23H,6-9H2,1-3H3,(H,25,26)/t15-,16-. The summed E-state index contributed by atoms with van der Waals surface area (Å²) in [4.78, 5) is 12.7. The van der Waals surface area contributed by atoms with Crippen LogP contribution in [0.5, 0.6) is 5.75 Å². The molecule has 0 aromatic carbocycles. The molecule has 0 radical (unpaired) electrons. The Kier molecular flexibility index (Phi) is 6.33. The third-order valence-corrected chi connectivity index (χ3v) is 5.61. The van der Waals surface area contributed by atoms with Gasteiger partial charge in [-0.1, -0.05) is 11.8 Å². The average molecular weight is 415 g/mol. The summed E-state index contributed by atoms with van der Waals surface area (Å²) >= 11 is 1.21. The summed E-state index contributed by atoms with van der Waals surface area (Å²) in [6, 6.07) is 5.47. The predicted octanol–water partition coefficient (Wildman–Crippen LogP) is 4.28. The Balaban J connectivity index is 1.61. The van der Waals surface area contributed by atoms with E-state index in [2.05, 4.69) is 17.2 Å². The van der Waals surface area contributed by atoms with E-state index in [4.69, 9.17) is 4.74 Å². The zero-order chi connectivity index (χ0) is 21.0. The van der Waals surface area contributed by atoms with Crippen molar-refractivity contribution < 1.29 is 19.4 Å². The van der Waals surface area contributed by atoms with Crippen LogP contribution in [0.3, 0.4) is 0 Å². The van der Waals surface area contributed by atoms with E-state index in [1.165, 1.54) is 23.7 Å². The number of rotatable bonds is 5. The largest absolute Gasteiger partial charge is 0.619 e. The zero-order valence-corrected chi connectivity index (χ0v) is 17.7. The monoisotopic (exact) mass is 414 g/mol. The first-order valence-electron chi connectivity index (χ1n) is 9.72. The van der Waals surface area contributed by atoms with Crippen molar-refractivity contribution in [3.8, 4) is 17.6 Å². The van der Waals surface area contributed by atoms with Crippen LogP contribution >= 0.6 is 11.3 Å². The van der Waals surface area contributed by atoms with Gasteiger partial charge in [0.1, 0.15) is 4.88 Å². The average Bonchev–Trinajstić information content (AvgIpc) is 3.04. The van der Waals surface area contributed by atoms with Crippen LogP contribution in [-0.4, -0.2) is 23.2 Å². The van der Waals surface area contributed by atoms with Gasteiger partial charge < -0.3 is 20.4 Å². The van der Waals surface area contributed by atoms with Crippen molar-refractivity contribution in [2.24, 2.45) is 5.41 Å². The maximum absolute atomic E-state index is 11.6. The Morgan fingerprint density at radius 2 is 2.07 bits per heavy atom.